The van der Waals surface area contributed by atoms with E-state index >= 15 is 0 Å². The summed E-state index contributed by atoms with van der Waals surface area (Å²) in [7, 11) is 0. The molecule has 1 aliphatic heterocycles. The minimum atomic E-state index is 0.107. The molecule has 116 valence electrons. The van der Waals surface area contributed by atoms with Crippen LogP contribution in [0.3, 0.4) is 0 Å². The van der Waals surface area contributed by atoms with Crippen LogP contribution in [0.25, 0.3) is 0 Å². The molecule has 1 heterocycles. The van der Waals surface area contributed by atoms with E-state index in [1.807, 2.05) is 6.07 Å². The zero-order chi connectivity index (χ0) is 15.7. The molecular weight excluding hydrogens is 274 g/mol. The van der Waals surface area contributed by atoms with Crippen molar-refractivity contribution in [3.05, 3.63) is 53.1 Å². The lowest BCUT2D eigenvalue weighted by Crippen LogP contribution is -2.41. The minimum Gasteiger partial charge on any atom is -0.508 e. The SMILES string of the molecule is CCN1CC(Cc2cc(C)cc(C)c2)Oc2cc(O)ccc21. The highest BCUT2D eigenvalue weighted by Gasteiger charge is 2.25. The van der Waals surface area contributed by atoms with E-state index in [1.54, 1.807) is 12.1 Å². The molecule has 1 aliphatic rings. The van der Waals surface area contributed by atoms with Crippen molar-refractivity contribution in [3.63, 3.8) is 0 Å². The third kappa shape index (κ3) is 3.03. The first-order valence-corrected chi connectivity index (χ1v) is 7.87. The Morgan fingerprint density at radius 1 is 1.14 bits per heavy atom. The Hall–Kier alpha value is -2.16. The number of fused-ring (bicyclic) bond motifs is 1. The molecule has 1 atom stereocenters. The first-order valence-electron chi connectivity index (χ1n) is 7.87. The van der Waals surface area contributed by atoms with Gasteiger partial charge in [-0.3, -0.25) is 0 Å². The highest BCUT2D eigenvalue weighted by Crippen LogP contribution is 2.36. The molecule has 0 aliphatic carbocycles. The fraction of sp³-hybridized carbons (Fsp3) is 0.368. The molecule has 3 rings (SSSR count). The Balaban J connectivity index is 1.84. The Kier molecular flexibility index (Phi) is 3.97. The summed E-state index contributed by atoms with van der Waals surface area (Å²) in [5, 5.41) is 9.70. The molecular formula is C19H23NO2. The van der Waals surface area contributed by atoms with Gasteiger partial charge in [0.1, 0.15) is 17.6 Å². The average Bonchev–Trinajstić information content (AvgIpc) is 2.44. The summed E-state index contributed by atoms with van der Waals surface area (Å²) in [6.07, 6.45) is 0.990. The van der Waals surface area contributed by atoms with Gasteiger partial charge in [0.2, 0.25) is 0 Å². The van der Waals surface area contributed by atoms with E-state index in [2.05, 4.69) is 43.9 Å². The van der Waals surface area contributed by atoms with Gasteiger partial charge in [-0.05, 0) is 38.5 Å². The zero-order valence-corrected chi connectivity index (χ0v) is 13.5. The maximum absolute atomic E-state index is 9.70. The van der Waals surface area contributed by atoms with Crippen molar-refractivity contribution in [1.82, 2.24) is 0 Å². The van der Waals surface area contributed by atoms with E-state index in [-0.39, 0.29) is 11.9 Å². The normalized spacial score (nSPS) is 17.0. The van der Waals surface area contributed by atoms with Gasteiger partial charge in [-0.2, -0.15) is 0 Å². The molecule has 0 aromatic heterocycles. The van der Waals surface area contributed by atoms with Crippen LogP contribution in [-0.2, 0) is 6.42 Å². The van der Waals surface area contributed by atoms with Gasteiger partial charge in [0, 0.05) is 19.0 Å². The number of aryl methyl sites for hydroxylation is 2. The molecule has 2 aromatic rings. The number of benzene rings is 2. The maximum atomic E-state index is 9.70. The second-order valence-corrected chi connectivity index (χ2v) is 6.13. The van der Waals surface area contributed by atoms with E-state index in [9.17, 15) is 5.11 Å². The Labute approximate surface area is 132 Å². The highest BCUT2D eigenvalue weighted by molar-refractivity contribution is 5.62. The summed E-state index contributed by atoms with van der Waals surface area (Å²) >= 11 is 0. The van der Waals surface area contributed by atoms with E-state index in [1.165, 1.54) is 16.7 Å². The number of aromatic hydroxyl groups is 1. The first kappa shape index (κ1) is 14.8. The van der Waals surface area contributed by atoms with Crippen LogP contribution < -0.4 is 9.64 Å². The Bertz CT molecular complexity index is 661. The molecule has 1 N–H and O–H groups in total. The molecule has 0 saturated heterocycles. The Morgan fingerprint density at radius 2 is 1.86 bits per heavy atom. The third-order valence-electron chi connectivity index (χ3n) is 4.13. The number of ether oxygens (including phenoxy) is 1. The molecule has 0 bridgehead atoms. The van der Waals surface area contributed by atoms with Crippen LogP contribution in [0.5, 0.6) is 11.5 Å². The van der Waals surface area contributed by atoms with Gasteiger partial charge >= 0.3 is 0 Å². The summed E-state index contributed by atoms with van der Waals surface area (Å²) in [6.45, 7) is 8.22. The molecule has 0 saturated carbocycles. The minimum absolute atomic E-state index is 0.107. The van der Waals surface area contributed by atoms with Crippen LogP contribution in [-0.4, -0.2) is 24.3 Å². The van der Waals surface area contributed by atoms with Gasteiger partial charge in [-0.15, -0.1) is 0 Å². The van der Waals surface area contributed by atoms with E-state index < -0.39 is 0 Å². The lowest BCUT2D eigenvalue weighted by atomic mass is 10.0. The predicted molar refractivity (Wildman–Crippen MR) is 90.0 cm³/mol. The van der Waals surface area contributed by atoms with Crippen molar-refractivity contribution in [1.29, 1.82) is 0 Å². The standard InChI is InChI=1S/C19H23NO2/c1-4-20-12-17(10-15-8-13(2)7-14(3)9-15)22-19-11-16(21)5-6-18(19)20/h5-9,11,17,21H,4,10,12H2,1-3H3. The number of hydrogen-bond acceptors (Lipinski definition) is 3. The molecule has 22 heavy (non-hydrogen) atoms. The van der Waals surface area contributed by atoms with Crippen molar-refractivity contribution >= 4 is 5.69 Å². The third-order valence-corrected chi connectivity index (χ3v) is 4.13. The molecule has 1 unspecified atom stereocenters. The number of phenols is 1. The molecule has 3 nitrogen and oxygen atoms in total. The quantitative estimate of drug-likeness (QED) is 0.934. The lowest BCUT2D eigenvalue weighted by molar-refractivity contribution is 0.193. The summed E-state index contributed by atoms with van der Waals surface area (Å²) < 4.78 is 6.13. The topological polar surface area (TPSA) is 32.7 Å². The van der Waals surface area contributed by atoms with Gasteiger partial charge in [-0.1, -0.05) is 29.3 Å². The number of nitrogens with zero attached hydrogens (tertiary/aromatic N) is 1. The first-order chi connectivity index (χ1) is 10.5. The van der Waals surface area contributed by atoms with Gasteiger partial charge in [0.05, 0.1) is 12.2 Å². The van der Waals surface area contributed by atoms with Crippen LogP contribution in [0.15, 0.2) is 36.4 Å². The lowest BCUT2D eigenvalue weighted by Gasteiger charge is -2.36. The van der Waals surface area contributed by atoms with Crippen molar-refractivity contribution in [2.24, 2.45) is 0 Å². The maximum Gasteiger partial charge on any atom is 0.146 e. The summed E-state index contributed by atoms with van der Waals surface area (Å²) in [6, 6.07) is 12.0. The number of hydrogen-bond donors (Lipinski definition) is 1. The number of rotatable bonds is 3. The predicted octanol–water partition coefficient (Wildman–Crippen LogP) is 3.84. The number of likely N-dealkylation sites (N-methyl/N-ethyl adjacent to an activating group) is 1. The van der Waals surface area contributed by atoms with E-state index in [0.29, 0.717) is 0 Å². The zero-order valence-electron chi connectivity index (χ0n) is 13.5. The van der Waals surface area contributed by atoms with Crippen LogP contribution in [0, 0.1) is 13.8 Å². The number of phenolic OH excluding ortho intramolecular Hbond substituents is 1. The van der Waals surface area contributed by atoms with Crippen molar-refractivity contribution in [2.75, 3.05) is 18.0 Å². The smallest absolute Gasteiger partial charge is 0.146 e. The fourth-order valence-corrected chi connectivity index (χ4v) is 3.27. The van der Waals surface area contributed by atoms with Crippen LogP contribution in [0.4, 0.5) is 5.69 Å². The van der Waals surface area contributed by atoms with E-state index in [0.717, 1.165) is 30.9 Å². The Morgan fingerprint density at radius 3 is 2.55 bits per heavy atom. The largest absolute Gasteiger partial charge is 0.508 e. The summed E-state index contributed by atoms with van der Waals surface area (Å²) in [4.78, 5) is 2.31. The second kappa shape index (κ2) is 5.91. The van der Waals surface area contributed by atoms with Gasteiger partial charge in [-0.25, -0.2) is 0 Å². The van der Waals surface area contributed by atoms with Crippen LogP contribution in [0.1, 0.15) is 23.6 Å². The number of anilines is 1. The summed E-state index contributed by atoms with van der Waals surface area (Å²) in [5.74, 6) is 1.03. The average molecular weight is 297 g/mol. The van der Waals surface area contributed by atoms with Gasteiger partial charge in [0.15, 0.2) is 0 Å². The van der Waals surface area contributed by atoms with Crippen molar-refractivity contribution in [2.45, 2.75) is 33.3 Å². The molecule has 0 fully saturated rings. The van der Waals surface area contributed by atoms with Crippen LogP contribution in [0.2, 0.25) is 0 Å². The fourth-order valence-electron chi connectivity index (χ4n) is 3.27. The van der Waals surface area contributed by atoms with E-state index in [4.69, 9.17) is 4.74 Å². The highest BCUT2D eigenvalue weighted by atomic mass is 16.5. The van der Waals surface area contributed by atoms with Gasteiger partial charge < -0.3 is 14.7 Å². The molecule has 2 aromatic carbocycles. The van der Waals surface area contributed by atoms with Crippen molar-refractivity contribution in [3.8, 4) is 11.5 Å². The second-order valence-electron chi connectivity index (χ2n) is 6.13. The summed E-state index contributed by atoms with van der Waals surface area (Å²) in [5.41, 5.74) is 4.95. The van der Waals surface area contributed by atoms with Crippen LogP contribution >= 0.6 is 0 Å². The molecule has 0 spiro atoms. The van der Waals surface area contributed by atoms with Gasteiger partial charge in [0.25, 0.3) is 0 Å². The monoisotopic (exact) mass is 297 g/mol. The molecule has 3 heteroatoms. The molecule has 0 radical (unpaired) electrons. The molecule has 0 amide bonds. The van der Waals surface area contributed by atoms with Crippen molar-refractivity contribution < 1.29 is 9.84 Å².